The van der Waals surface area contributed by atoms with Crippen molar-refractivity contribution in [1.29, 1.82) is 0 Å². The molecule has 0 amide bonds. The number of hydrogen-bond donors (Lipinski definition) is 0. The average Bonchev–Trinajstić information content (AvgIpc) is 2.26. The van der Waals surface area contributed by atoms with Crippen LogP contribution in [0.5, 0.6) is 0 Å². The molecule has 16 heavy (non-hydrogen) atoms. The smallest absolute Gasteiger partial charge is 0.333 e. The van der Waals surface area contributed by atoms with Crippen LogP contribution in [0, 0.1) is 0 Å². The van der Waals surface area contributed by atoms with Crippen LogP contribution in [-0.4, -0.2) is 42.7 Å². The van der Waals surface area contributed by atoms with E-state index in [-0.39, 0.29) is 12.1 Å². The monoisotopic (exact) mass is 228 g/mol. The zero-order valence-electron chi connectivity index (χ0n) is 11.4. The molecule has 0 saturated heterocycles. The highest BCUT2D eigenvalue weighted by molar-refractivity contribution is 5.87. The third kappa shape index (κ3) is 4.35. The summed E-state index contributed by atoms with van der Waals surface area (Å²) >= 11 is 0. The van der Waals surface area contributed by atoms with Crippen LogP contribution in [0.3, 0.4) is 0 Å². The summed E-state index contributed by atoms with van der Waals surface area (Å²) in [5.74, 6) is -0.283. The van der Waals surface area contributed by atoms with Crippen molar-refractivity contribution in [1.82, 2.24) is 0 Å². The lowest BCUT2D eigenvalue weighted by Gasteiger charge is -2.37. The molecule has 0 aromatic carbocycles. The van der Waals surface area contributed by atoms with Crippen LogP contribution in [0.25, 0.3) is 0 Å². The van der Waals surface area contributed by atoms with E-state index >= 15 is 0 Å². The molecule has 0 aliphatic heterocycles. The molecule has 3 heteroatoms. The number of hydrogen-bond acceptors (Lipinski definition) is 2. The van der Waals surface area contributed by atoms with Crippen LogP contribution in [0.15, 0.2) is 12.2 Å². The summed E-state index contributed by atoms with van der Waals surface area (Å²) in [6.45, 7) is 17.9. The average molecular weight is 228 g/mol. The van der Waals surface area contributed by atoms with E-state index in [4.69, 9.17) is 4.74 Å². The van der Waals surface area contributed by atoms with Gasteiger partial charge in [0.1, 0.15) is 12.6 Å². The fourth-order valence-electron chi connectivity index (χ4n) is 1.92. The first-order valence-electron chi connectivity index (χ1n) is 6.12. The predicted molar refractivity (Wildman–Crippen MR) is 67.1 cm³/mol. The zero-order valence-corrected chi connectivity index (χ0v) is 11.4. The van der Waals surface area contributed by atoms with Gasteiger partial charge >= 0.3 is 5.97 Å². The van der Waals surface area contributed by atoms with Crippen molar-refractivity contribution in [3.8, 4) is 0 Å². The van der Waals surface area contributed by atoms with Crippen LogP contribution in [0.1, 0.15) is 34.6 Å². The van der Waals surface area contributed by atoms with Crippen LogP contribution in [0.4, 0.5) is 0 Å². The predicted octanol–water partition coefficient (Wildman–Crippen LogP) is 2.37. The van der Waals surface area contributed by atoms with E-state index in [0.29, 0.717) is 5.57 Å². The SMILES string of the molecule is C=C(C)C(=O)OC(C)C[N+](CC)(CC)CC. The number of carbonyl (C=O) groups is 1. The van der Waals surface area contributed by atoms with Crippen molar-refractivity contribution in [2.75, 3.05) is 26.2 Å². The first-order valence-corrected chi connectivity index (χ1v) is 6.12. The molecule has 0 aliphatic rings. The first kappa shape index (κ1) is 15.2. The minimum Gasteiger partial charge on any atom is -0.453 e. The summed E-state index contributed by atoms with van der Waals surface area (Å²) in [5, 5.41) is 0. The van der Waals surface area contributed by atoms with Gasteiger partial charge in [-0.05, 0) is 34.6 Å². The quantitative estimate of drug-likeness (QED) is 0.380. The summed E-state index contributed by atoms with van der Waals surface area (Å²) in [5.41, 5.74) is 0.467. The molecule has 0 radical (unpaired) electrons. The lowest BCUT2D eigenvalue weighted by molar-refractivity contribution is -0.925. The van der Waals surface area contributed by atoms with Crippen molar-refractivity contribution in [3.05, 3.63) is 12.2 Å². The maximum absolute atomic E-state index is 11.4. The molecular formula is C13H26NO2+. The van der Waals surface area contributed by atoms with Crippen LogP contribution >= 0.6 is 0 Å². The summed E-state index contributed by atoms with van der Waals surface area (Å²) in [7, 11) is 0. The van der Waals surface area contributed by atoms with Crippen molar-refractivity contribution in [2.24, 2.45) is 0 Å². The Kier molecular flexibility index (Phi) is 6.34. The Labute approximate surface area is 99.7 Å². The Morgan fingerprint density at radius 3 is 2.00 bits per heavy atom. The molecular weight excluding hydrogens is 202 g/mol. The second-order valence-corrected chi connectivity index (χ2v) is 4.47. The van der Waals surface area contributed by atoms with Gasteiger partial charge in [0.25, 0.3) is 0 Å². The molecule has 3 nitrogen and oxygen atoms in total. The highest BCUT2D eigenvalue weighted by Gasteiger charge is 2.25. The van der Waals surface area contributed by atoms with Gasteiger partial charge in [0.2, 0.25) is 0 Å². The molecule has 94 valence electrons. The maximum atomic E-state index is 11.4. The number of quaternary nitrogens is 1. The van der Waals surface area contributed by atoms with Gasteiger partial charge in [-0.25, -0.2) is 4.79 Å². The Morgan fingerprint density at radius 1 is 1.25 bits per heavy atom. The van der Waals surface area contributed by atoms with Crippen molar-refractivity contribution < 1.29 is 14.0 Å². The molecule has 0 fully saturated rings. The topological polar surface area (TPSA) is 26.3 Å². The normalized spacial score (nSPS) is 13.3. The second-order valence-electron chi connectivity index (χ2n) is 4.47. The first-order chi connectivity index (χ1) is 7.40. The van der Waals surface area contributed by atoms with Crippen LogP contribution < -0.4 is 0 Å². The molecule has 0 N–H and O–H groups in total. The van der Waals surface area contributed by atoms with Gasteiger partial charge in [-0.3, -0.25) is 0 Å². The standard InChI is InChI=1S/C13H26NO2/c1-7-14(8-2,9-3)10-12(6)16-13(15)11(4)5/h12H,4,7-10H2,1-3,5-6H3/q+1. The van der Waals surface area contributed by atoms with E-state index in [2.05, 4.69) is 27.4 Å². The molecule has 0 aromatic rings. The van der Waals surface area contributed by atoms with E-state index < -0.39 is 0 Å². The lowest BCUT2D eigenvalue weighted by Crippen LogP contribution is -2.52. The van der Waals surface area contributed by atoms with Crippen molar-refractivity contribution in [3.63, 3.8) is 0 Å². The fraction of sp³-hybridized carbons (Fsp3) is 0.769. The van der Waals surface area contributed by atoms with Gasteiger partial charge in [-0.15, -0.1) is 0 Å². The summed E-state index contributed by atoms with van der Waals surface area (Å²) in [6, 6.07) is 0. The van der Waals surface area contributed by atoms with E-state index in [1.54, 1.807) is 6.92 Å². The Balaban J connectivity index is 4.36. The van der Waals surface area contributed by atoms with Crippen molar-refractivity contribution >= 4 is 5.97 Å². The molecule has 0 aromatic heterocycles. The van der Waals surface area contributed by atoms with E-state index in [9.17, 15) is 4.79 Å². The highest BCUT2D eigenvalue weighted by atomic mass is 16.5. The van der Waals surface area contributed by atoms with E-state index in [1.807, 2.05) is 6.92 Å². The number of rotatable bonds is 7. The van der Waals surface area contributed by atoms with Gasteiger partial charge in [-0.2, -0.15) is 0 Å². The molecule has 0 spiro atoms. The minimum absolute atomic E-state index is 0.0518. The van der Waals surface area contributed by atoms with E-state index in [0.717, 1.165) is 30.7 Å². The van der Waals surface area contributed by atoms with Gasteiger partial charge in [0.05, 0.1) is 19.6 Å². The number of ether oxygens (including phenoxy) is 1. The van der Waals surface area contributed by atoms with E-state index in [1.165, 1.54) is 0 Å². The number of esters is 1. The lowest BCUT2D eigenvalue weighted by atomic mass is 10.2. The molecule has 0 bridgehead atoms. The summed E-state index contributed by atoms with van der Waals surface area (Å²) < 4.78 is 6.31. The molecule has 1 atom stereocenters. The Morgan fingerprint density at radius 2 is 1.69 bits per heavy atom. The zero-order chi connectivity index (χ0) is 12.8. The maximum Gasteiger partial charge on any atom is 0.333 e. The van der Waals surface area contributed by atoms with Gasteiger partial charge in [-0.1, -0.05) is 6.58 Å². The summed E-state index contributed by atoms with van der Waals surface area (Å²) in [6.07, 6.45) is -0.0518. The Hall–Kier alpha value is -0.830. The number of likely N-dealkylation sites (N-methyl/N-ethyl adjacent to an activating group) is 1. The van der Waals surface area contributed by atoms with Gasteiger partial charge < -0.3 is 9.22 Å². The third-order valence-electron chi connectivity index (χ3n) is 3.31. The van der Waals surface area contributed by atoms with Crippen LogP contribution in [0.2, 0.25) is 0 Å². The molecule has 1 unspecified atom stereocenters. The minimum atomic E-state index is -0.283. The highest BCUT2D eigenvalue weighted by Crippen LogP contribution is 2.10. The number of carbonyl (C=O) groups excluding carboxylic acids is 1. The van der Waals surface area contributed by atoms with Crippen molar-refractivity contribution in [2.45, 2.75) is 40.7 Å². The molecule has 0 aliphatic carbocycles. The third-order valence-corrected chi connectivity index (χ3v) is 3.31. The summed E-state index contributed by atoms with van der Waals surface area (Å²) in [4.78, 5) is 11.4. The number of nitrogens with zero attached hydrogens (tertiary/aromatic N) is 1. The second kappa shape index (κ2) is 6.69. The van der Waals surface area contributed by atoms with Gasteiger partial charge in [0, 0.05) is 5.57 Å². The fourth-order valence-corrected chi connectivity index (χ4v) is 1.92. The molecule has 0 rings (SSSR count). The molecule has 0 heterocycles. The Bertz CT molecular complexity index is 236. The van der Waals surface area contributed by atoms with Gasteiger partial charge in [0.15, 0.2) is 0 Å². The largest absolute Gasteiger partial charge is 0.453 e. The molecule has 0 saturated carbocycles. The van der Waals surface area contributed by atoms with Crippen LogP contribution in [-0.2, 0) is 9.53 Å².